The summed E-state index contributed by atoms with van der Waals surface area (Å²) >= 11 is 4.89. The highest BCUT2D eigenvalue weighted by atomic mass is 79.9. The van der Waals surface area contributed by atoms with E-state index in [1.807, 2.05) is 11.4 Å². The van der Waals surface area contributed by atoms with Gasteiger partial charge in [-0.25, -0.2) is 8.78 Å². The van der Waals surface area contributed by atoms with Crippen LogP contribution in [-0.2, 0) is 6.54 Å². The van der Waals surface area contributed by atoms with Gasteiger partial charge in [0.15, 0.2) is 0 Å². The van der Waals surface area contributed by atoms with Crippen LogP contribution in [0.25, 0.3) is 0 Å². The van der Waals surface area contributed by atoms with E-state index >= 15 is 0 Å². The van der Waals surface area contributed by atoms with Gasteiger partial charge < -0.3 is 5.32 Å². The first-order valence-electron chi connectivity index (χ1n) is 3.84. The number of thiophene rings is 1. The van der Waals surface area contributed by atoms with Crippen LogP contribution in [-0.4, -0.2) is 12.5 Å². The Kier molecular flexibility index (Phi) is 4.28. The van der Waals surface area contributed by atoms with Crippen molar-refractivity contribution in [1.82, 2.24) is 5.32 Å². The van der Waals surface area contributed by atoms with Crippen LogP contribution in [0.3, 0.4) is 0 Å². The zero-order chi connectivity index (χ0) is 9.84. The summed E-state index contributed by atoms with van der Waals surface area (Å²) in [4.78, 5) is 1.05. The summed E-state index contributed by atoms with van der Waals surface area (Å²) in [6, 6.07) is 1.16. The van der Waals surface area contributed by atoms with Gasteiger partial charge in [-0.05, 0) is 34.3 Å². The molecule has 1 unspecified atom stereocenters. The Morgan fingerprint density at radius 2 is 2.31 bits per heavy atom. The van der Waals surface area contributed by atoms with Crippen molar-refractivity contribution in [1.29, 1.82) is 0 Å². The van der Waals surface area contributed by atoms with E-state index in [0.717, 1.165) is 9.35 Å². The molecule has 1 N–H and O–H groups in total. The van der Waals surface area contributed by atoms with Crippen LogP contribution < -0.4 is 5.32 Å². The molecule has 0 aliphatic heterocycles. The normalized spacial score (nSPS) is 13.6. The van der Waals surface area contributed by atoms with Gasteiger partial charge in [0.1, 0.15) is 0 Å². The summed E-state index contributed by atoms with van der Waals surface area (Å²) in [5.74, 6) is 0. The van der Waals surface area contributed by atoms with Crippen molar-refractivity contribution in [2.75, 3.05) is 0 Å². The van der Waals surface area contributed by atoms with Crippen molar-refractivity contribution < 1.29 is 8.78 Å². The van der Waals surface area contributed by atoms with Crippen molar-refractivity contribution in [2.45, 2.75) is 25.9 Å². The molecule has 0 aromatic carbocycles. The molecular formula is C8H10BrF2NS. The molecular weight excluding hydrogens is 260 g/mol. The molecule has 0 fully saturated rings. The third-order valence-corrected chi connectivity index (χ3v) is 3.58. The van der Waals surface area contributed by atoms with Gasteiger partial charge in [0, 0.05) is 15.9 Å². The molecule has 0 aliphatic carbocycles. The molecule has 0 radical (unpaired) electrons. The fourth-order valence-corrected chi connectivity index (χ4v) is 2.24. The number of hydrogen-bond acceptors (Lipinski definition) is 2. The lowest BCUT2D eigenvalue weighted by atomic mass is 10.3. The van der Waals surface area contributed by atoms with Gasteiger partial charge in [-0.2, -0.15) is 0 Å². The van der Waals surface area contributed by atoms with Crippen molar-refractivity contribution in [3.63, 3.8) is 0 Å². The quantitative estimate of drug-likeness (QED) is 0.885. The number of alkyl halides is 2. The number of nitrogens with one attached hydrogen (secondary N) is 1. The Bertz CT molecular complexity index is 264. The lowest BCUT2D eigenvalue weighted by Crippen LogP contribution is -2.31. The number of hydrogen-bond donors (Lipinski definition) is 1. The summed E-state index contributed by atoms with van der Waals surface area (Å²) < 4.78 is 25.2. The average molecular weight is 270 g/mol. The average Bonchev–Trinajstić information content (AvgIpc) is 2.47. The minimum atomic E-state index is -2.31. The molecule has 1 rings (SSSR count). The molecule has 1 nitrogen and oxygen atoms in total. The Morgan fingerprint density at radius 3 is 2.77 bits per heavy atom. The summed E-state index contributed by atoms with van der Waals surface area (Å²) in [5.41, 5.74) is 0. The molecule has 1 aromatic heterocycles. The summed E-state index contributed by atoms with van der Waals surface area (Å²) in [7, 11) is 0. The maximum absolute atomic E-state index is 12.1. The smallest absolute Gasteiger partial charge is 0.253 e. The summed E-state index contributed by atoms with van der Waals surface area (Å²) in [5, 5.41) is 4.68. The number of rotatable bonds is 4. The topological polar surface area (TPSA) is 12.0 Å². The van der Waals surface area contributed by atoms with E-state index in [0.29, 0.717) is 6.54 Å². The van der Waals surface area contributed by atoms with Gasteiger partial charge >= 0.3 is 0 Å². The maximum atomic E-state index is 12.1. The fraction of sp³-hybridized carbons (Fsp3) is 0.500. The minimum absolute atomic E-state index is 0.490. The lowest BCUT2D eigenvalue weighted by Gasteiger charge is -2.11. The molecule has 1 atom stereocenters. The highest BCUT2D eigenvalue weighted by Crippen LogP contribution is 2.22. The second-order valence-electron chi connectivity index (χ2n) is 2.70. The highest BCUT2D eigenvalue weighted by Gasteiger charge is 2.13. The molecule has 0 spiro atoms. The summed E-state index contributed by atoms with van der Waals surface area (Å²) in [6.45, 7) is 1.97. The van der Waals surface area contributed by atoms with Crippen LogP contribution in [0.2, 0.25) is 0 Å². The Morgan fingerprint density at radius 1 is 1.62 bits per heavy atom. The maximum Gasteiger partial charge on any atom is 0.253 e. The van der Waals surface area contributed by atoms with E-state index in [4.69, 9.17) is 0 Å². The Hall–Kier alpha value is -0.0000000000000000555. The standard InChI is InChI=1S/C8H10BrF2NS/c1-5(8(10)11)12-4-7-6(9)2-3-13-7/h2-3,5,8,12H,4H2,1H3. The van der Waals surface area contributed by atoms with E-state index in [9.17, 15) is 8.78 Å². The Labute approximate surface area is 88.3 Å². The molecule has 1 aromatic rings. The van der Waals surface area contributed by atoms with E-state index in [1.54, 1.807) is 11.3 Å². The van der Waals surface area contributed by atoms with Crippen LogP contribution in [0.5, 0.6) is 0 Å². The third-order valence-electron chi connectivity index (χ3n) is 1.65. The largest absolute Gasteiger partial charge is 0.304 e. The Balaban J connectivity index is 2.39. The van der Waals surface area contributed by atoms with Crippen LogP contribution >= 0.6 is 27.3 Å². The zero-order valence-electron chi connectivity index (χ0n) is 7.06. The molecule has 0 saturated carbocycles. The van der Waals surface area contributed by atoms with Crippen LogP contribution in [0.15, 0.2) is 15.9 Å². The predicted octanol–water partition coefficient (Wildman–Crippen LogP) is 3.25. The molecule has 1 heterocycles. The third kappa shape index (κ3) is 3.32. The van der Waals surface area contributed by atoms with Gasteiger partial charge in [0.05, 0.1) is 6.04 Å². The van der Waals surface area contributed by atoms with Crippen LogP contribution in [0.1, 0.15) is 11.8 Å². The van der Waals surface area contributed by atoms with Gasteiger partial charge in [-0.3, -0.25) is 0 Å². The van der Waals surface area contributed by atoms with E-state index < -0.39 is 12.5 Å². The minimum Gasteiger partial charge on any atom is -0.304 e. The van der Waals surface area contributed by atoms with Crippen LogP contribution in [0.4, 0.5) is 8.78 Å². The monoisotopic (exact) mass is 269 g/mol. The van der Waals surface area contributed by atoms with Gasteiger partial charge in [-0.15, -0.1) is 11.3 Å². The first-order valence-corrected chi connectivity index (χ1v) is 5.52. The SMILES string of the molecule is CC(NCc1sccc1Br)C(F)F. The van der Waals surface area contributed by atoms with Crippen molar-refractivity contribution in [3.8, 4) is 0 Å². The summed E-state index contributed by atoms with van der Waals surface area (Å²) in [6.07, 6.45) is -2.31. The molecule has 0 bridgehead atoms. The second kappa shape index (κ2) is 5.02. The number of halogens is 3. The van der Waals surface area contributed by atoms with Gasteiger partial charge in [0.25, 0.3) is 6.43 Å². The second-order valence-corrected chi connectivity index (χ2v) is 4.55. The fourth-order valence-electron chi connectivity index (χ4n) is 0.794. The zero-order valence-corrected chi connectivity index (χ0v) is 9.46. The van der Waals surface area contributed by atoms with Crippen molar-refractivity contribution in [3.05, 3.63) is 20.8 Å². The first-order chi connectivity index (χ1) is 6.11. The van der Waals surface area contributed by atoms with Crippen molar-refractivity contribution in [2.24, 2.45) is 0 Å². The molecule has 74 valence electrons. The first kappa shape index (κ1) is 11.1. The lowest BCUT2D eigenvalue weighted by molar-refractivity contribution is 0.105. The molecule has 0 aliphatic rings. The van der Waals surface area contributed by atoms with E-state index in [1.165, 1.54) is 6.92 Å². The van der Waals surface area contributed by atoms with Gasteiger partial charge in [-0.1, -0.05) is 0 Å². The van der Waals surface area contributed by atoms with E-state index in [2.05, 4.69) is 21.2 Å². The van der Waals surface area contributed by atoms with Gasteiger partial charge in [0.2, 0.25) is 0 Å². The van der Waals surface area contributed by atoms with Crippen molar-refractivity contribution >= 4 is 27.3 Å². The molecule has 0 amide bonds. The highest BCUT2D eigenvalue weighted by molar-refractivity contribution is 9.10. The molecule has 0 saturated heterocycles. The van der Waals surface area contributed by atoms with E-state index in [-0.39, 0.29) is 0 Å². The van der Waals surface area contributed by atoms with Crippen LogP contribution in [0, 0.1) is 0 Å². The molecule has 5 heteroatoms. The predicted molar refractivity (Wildman–Crippen MR) is 54.3 cm³/mol. The molecule has 13 heavy (non-hydrogen) atoms.